The normalized spacial score (nSPS) is 13.5. The Morgan fingerprint density at radius 2 is 1.62 bits per heavy atom. The standard InChI is InChI=1S/C22H24N2OS/c1-14-8-12-17(13-9-14)23-21(25)20-18-6-4-5-7-19(18)26-22(20)24-15(2)10-11-16(24)3/h8-13H,4-7H2,1-3H3,(H,23,25). The second-order valence-electron chi connectivity index (χ2n) is 7.16. The predicted molar refractivity (Wildman–Crippen MR) is 109 cm³/mol. The van der Waals surface area contributed by atoms with Gasteiger partial charge in [-0.3, -0.25) is 4.79 Å². The highest BCUT2D eigenvalue weighted by Crippen LogP contribution is 2.38. The van der Waals surface area contributed by atoms with E-state index in [0.29, 0.717) is 0 Å². The molecule has 0 unspecified atom stereocenters. The molecule has 0 radical (unpaired) electrons. The van der Waals surface area contributed by atoms with E-state index in [1.165, 1.54) is 33.8 Å². The molecule has 0 spiro atoms. The van der Waals surface area contributed by atoms with Gasteiger partial charge in [-0.25, -0.2) is 0 Å². The Hall–Kier alpha value is -2.33. The summed E-state index contributed by atoms with van der Waals surface area (Å²) >= 11 is 1.79. The summed E-state index contributed by atoms with van der Waals surface area (Å²) in [5.74, 6) is 0.00996. The Bertz CT molecular complexity index is 943. The lowest BCUT2D eigenvalue weighted by Gasteiger charge is -2.14. The number of aryl methyl sites for hydroxylation is 4. The first-order valence-corrected chi connectivity index (χ1v) is 10.0. The van der Waals surface area contributed by atoms with E-state index in [-0.39, 0.29) is 5.91 Å². The summed E-state index contributed by atoms with van der Waals surface area (Å²) in [7, 11) is 0. The molecule has 0 saturated carbocycles. The minimum Gasteiger partial charge on any atom is -0.322 e. The molecule has 2 aromatic heterocycles. The Balaban J connectivity index is 1.80. The predicted octanol–water partition coefficient (Wildman–Crippen LogP) is 5.60. The van der Waals surface area contributed by atoms with E-state index in [9.17, 15) is 4.79 Å². The smallest absolute Gasteiger partial charge is 0.258 e. The van der Waals surface area contributed by atoms with Gasteiger partial charge >= 0.3 is 0 Å². The van der Waals surface area contributed by atoms with Gasteiger partial charge in [0.2, 0.25) is 0 Å². The van der Waals surface area contributed by atoms with Crippen LogP contribution in [-0.4, -0.2) is 10.5 Å². The summed E-state index contributed by atoms with van der Waals surface area (Å²) in [4.78, 5) is 14.6. The van der Waals surface area contributed by atoms with Crippen molar-refractivity contribution in [1.82, 2.24) is 4.57 Å². The van der Waals surface area contributed by atoms with Gasteiger partial charge < -0.3 is 9.88 Å². The van der Waals surface area contributed by atoms with Crippen molar-refractivity contribution < 1.29 is 4.79 Å². The maximum absolute atomic E-state index is 13.3. The van der Waals surface area contributed by atoms with E-state index < -0.39 is 0 Å². The number of anilines is 1. The number of fused-ring (bicyclic) bond motifs is 1. The van der Waals surface area contributed by atoms with Gasteiger partial charge in [0.1, 0.15) is 5.00 Å². The second-order valence-corrected chi connectivity index (χ2v) is 8.25. The molecule has 26 heavy (non-hydrogen) atoms. The van der Waals surface area contributed by atoms with Crippen LogP contribution in [0.1, 0.15) is 50.6 Å². The number of benzene rings is 1. The van der Waals surface area contributed by atoms with Crippen LogP contribution in [0.5, 0.6) is 0 Å². The first-order valence-electron chi connectivity index (χ1n) is 9.22. The molecular formula is C22H24N2OS. The van der Waals surface area contributed by atoms with Crippen LogP contribution in [0.15, 0.2) is 36.4 Å². The number of nitrogens with zero attached hydrogens (tertiary/aromatic N) is 1. The van der Waals surface area contributed by atoms with Crippen LogP contribution in [-0.2, 0) is 12.8 Å². The van der Waals surface area contributed by atoms with E-state index in [0.717, 1.165) is 35.5 Å². The van der Waals surface area contributed by atoms with E-state index in [1.807, 2.05) is 24.3 Å². The number of hydrogen-bond donors (Lipinski definition) is 1. The van der Waals surface area contributed by atoms with Crippen molar-refractivity contribution in [3.63, 3.8) is 0 Å². The Labute approximate surface area is 158 Å². The molecule has 1 amide bonds. The van der Waals surface area contributed by atoms with Gasteiger partial charge in [0.15, 0.2) is 0 Å². The molecular weight excluding hydrogens is 340 g/mol. The van der Waals surface area contributed by atoms with Crippen LogP contribution in [0.25, 0.3) is 5.00 Å². The quantitative estimate of drug-likeness (QED) is 0.645. The average Bonchev–Trinajstić information content (AvgIpc) is 3.16. The lowest BCUT2D eigenvalue weighted by atomic mass is 9.95. The summed E-state index contributed by atoms with van der Waals surface area (Å²) < 4.78 is 2.23. The molecule has 3 nitrogen and oxygen atoms in total. The van der Waals surface area contributed by atoms with Crippen LogP contribution in [0, 0.1) is 20.8 Å². The van der Waals surface area contributed by atoms with Crippen molar-refractivity contribution in [3.05, 3.63) is 69.4 Å². The van der Waals surface area contributed by atoms with Crippen molar-refractivity contribution >= 4 is 22.9 Å². The fourth-order valence-electron chi connectivity index (χ4n) is 3.76. The number of rotatable bonds is 3. The molecule has 0 saturated heterocycles. The zero-order chi connectivity index (χ0) is 18.3. The van der Waals surface area contributed by atoms with Gasteiger partial charge in [-0.1, -0.05) is 17.7 Å². The minimum absolute atomic E-state index is 0.00996. The van der Waals surface area contributed by atoms with Gasteiger partial charge in [-0.05, 0) is 76.3 Å². The van der Waals surface area contributed by atoms with E-state index in [4.69, 9.17) is 0 Å². The van der Waals surface area contributed by atoms with Gasteiger partial charge in [0, 0.05) is 22.0 Å². The molecule has 4 rings (SSSR count). The fraction of sp³-hybridized carbons (Fsp3) is 0.318. The Morgan fingerprint density at radius 1 is 0.962 bits per heavy atom. The second kappa shape index (κ2) is 6.76. The Morgan fingerprint density at radius 3 is 2.31 bits per heavy atom. The number of carbonyl (C=O) groups is 1. The highest BCUT2D eigenvalue weighted by atomic mass is 32.1. The summed E-state index contributed by atoms with van der Waals surface area (Å²) in [5.41, 5.74) is 6.51. The average molecular weight is 365 g/mol. The number of aromatic nitrogens is 1. The van der Waals surface area contributed by atoms with E-state index in [2.05, 4.69) is 42.8 Å². The fourth-order valence-corrected chi connectivity index (χ4v) is 5.27. The van der Waals surface area contributed by atoms with Crippen molar-refractivity contribution in [3.8, 4) is 5.00 Å². The molecule has 2 heterocycles. The van der Waals surface area contributed by atoms with E-state index >= 15 is 0 Å². The highest BCUT2D eigenvalue weighted by Gasteiger charge is 2.27. The number of hydrogen-bond acceptors (Lipinski definition) is 2. The van der Waals surface area contributed by atoms with Crippen molar-refractivity contribution in [2.75, 3.05) is 5.32 Å². The molecule has 1 aliphatic rings. The lowest BCUT2D eigenvalue weighted by molar-refractivity contribution is 0.102. The molecule has 0 bridgehead atoms. The van der Waals surface area contributed by atoms with E-state index in [1.54, 1.807) is 11.3 Å². The molecule has 3 aromatic rings. The lowest BCUT2D eigenvalue weighted by Crippen LogP contribution is -2.17. The summed E-state index contributed by atoms with van der Waals surface area (Å²) in [6.07, 6.45) is 4.47. The third kappa shape index (κ3) is 2.99. The molecule has 134 valence electrons. The van der Waals surface area contributed by atoms with Crippen molar-refractivity contribution in [2.45, 2.75) is 46.5 Å². The zero-order valence-electron chi connectivity index (χ0n) is 15.6. The molecule has 0 atom stereocenters. The molecule has 1 aliphatic carbocycles. The molecule has 4 heteroatoms. The van der Waals surface area contributed by atoms with Gasteiger partial charge in [0.25, 0.3) is 5.91 Å². The Kier molecular flexibility index (Phi) is 4.45. The summed E-state index contributed by atoms with van der Waals surface area (Å²) in [6, 6.07) is 12.2. The SMILES string of the molecule is Cc1ccc(NC(=O)c2c(-n3c(C)ccc3C)sc3c2CCCC3)cc1. The third-order valence-electron chi connectivity index (χ3n) is 5.16. The van der Waals surface area contributed by atoms with Gasteiger partial charge in [-0.15, -0.1) is 11.3 Å². The summed E-state index contributed by atoms with van der Waals surface area (Å²) in [5, 5.41) is 4.19. The number of thiophene rings is 1. The monoisotopic (exact) mass is 364 g/mol. The number of nitrogens with one attached hydrogen (secondary N) is 1. The first kappa shape index (κ1) is 17.1. The number of carbonyl (C=O) groups excluding carboxylic acids is 1. The van der Waals surface area contributed by atoms with Crippen LogP contribution < -0.4 is 5.32 Å². The topological polar surface area (TPSA) is 34.0 Å². The van der Waals surface area contributed by atoms with Crippen LogP contribution in [0.3, 0.4) is 0 Å². The maximum Gasteiger partial charge on any atom is 0.258 e. The molecule has 0 fully saturated rings. The first-order chi connectivity index (χ1) is 12.5. The third-order valence-corrected chi connectivity index (χ3v) is 6.44. The minimum atomic E-state index is 0.00996. The molecule has 1 aromatic carbocycles. The largest absolute Gasteiger partial charge is 0.322 e. The van der Waals surface area contributed by atoms with Crippen LogP contribution in [0.2, 0.25) is 0 Å². The van der Waals surface area contributed by atoms with Gasteiger partial charge in [0.05, 0.1) is 5.56 Å². The van der Waals surface area contributed by atoms with Crippen LogP contribution in [0.4, 0.5) is 5.69 Å². The molecule has 1 N–H and O–H groups in total. The van der Waals surface area contributed by atoms with Gasteiger partial charge in [-0.2, -0.15) is 0 Å². The highest BCUT2D eigenvalue weighted by molar-refractivity contribution is 7.15. The van der Waals surface area contributed by atoms with Crippen molar-refractivity contribution in [1.29, 1.82) is 0 Å². The molecule has 0 aliphatic heterocycles. The summed E-state index contributed by atoms with van der Waals surface area (Å²) in [6.45, 7) is 6.26. The number of amides is 1. The maximum atomic E-state index is 13.3. The van der Waals surface area contributed by atoms with Crippen molar-refractivity contribution in [2.24, 2.45) is 0 Å². The van der Waals surface area contributed by atoms with Crippen LogP contribution >= 0.6 is 11.3 Å². The zero-order valence-corrected chi connectivity index (χ0v) is 16.4.